The maximum atomic E-state index is 13.2. The van der Waals surface area contributed by atoms with Crippen LogP contribution in [0.25, 0.3) is 22.1 Å². The van der Waals surface area contributed by atoms with Crippen molar-refractivity contribution in [1.29, 1.82) is 0 Å². The van der Waals surface area contributed by atoms with Crippen molar-refractivity contribution < 1.29 is 9.15 Å². The van der Waals surface area contributed by atoms with Crippen LogP contribution in [0.5, 0.6) is 5.75 Å². The summed E-state index contributed by atoms with van der Waals surface area (Å²) >= 11 is 9.74. The smallest absolute Gasteiger partial charge is 0.200 e. The summed E-state index contributed by atoms with van der Waals surface area (Å²) in [6, 6.07) is 19.0. The summed E-state index contributed by atoms with van der Waals surface area (Å²) < 4.78 is 12.9. The molecule has 0 radical (unpaired) electrons. The van der Waals surface area contributed by atoms with Crippen LogP contribution in [0.4, 0.5) is 0 Å². The van der Waals surface area contributed by atoms with Crippen LogP contribution in [0.1, 0.15) is 11.1 Å². The summed E-state index contributed by atoms with van der Waals surface area (Å²) in [6.45, 7) is 1.71. The molecule has 4 nitrogen and oxygen atoms in total. The maximum Gasteiger partial charge on any atom is 0.200 e. The first-order chi connectivity index (χ1) is 14.6. The monoisotopic (exact) mass is 481 g/mol. The predicted octanol–water partition coefficient (Wildman–Crippen LogP) is 6.23. The fourth-order valence-corrected chi connectivity index (χ4v) is 4.21. The Morgan fingerprint density at radius 3 is 2.63 bits per heavy atom. The van der Waals surface area contributed by atoms with Crippen LogP contribution in [0, 0.1) is 0 Å². The topological polar surface area (TPSA) is 42.7 Å². The number of benzene rings is 3. The van der Waals surface area contributed by atoms with Crippen molar-refractivity contribution in [3.05, 3.63) is 97.8 Å². The van der Waals surface area contributed by atoms with E-state index in [2.05, 4.69) is 20.8 Å². The number of hydrogen-bond acceptors (Lipinski definition) is 4. The lowest BCUT2D eigenvalue weighted by Gasteiger charge is -2.29. The Balaban J connectivity index is 1.53. The van der Waals surface area contributed by atoms with E-state index >= 15 is 0 Å². The summed E-state index contributed by atoms with van der Waals surface area (Å²) in [4.78, 5) is 15.3. The minimum atomic E-state index is -0.0513. The SMILES string of the molecule is O=c1c(-c2ccc(Br)cc2)coc2c3c(ccc12)OCN(Cc1ccccc1Cl)C3. The Morgan fingerprint density at radius 1 is 1.03 bits per heavy atom. The van der Waals surface area contributed by atoms with Gasteiger partial charge in [0.05, 0.1) is 16.5 Å². The van der Waals surface area contributed by atoms with Gasteiger partial charge in [0.2, 0.25) is 5.43 Å². The van der Waals surface area contributed by atoms with Gasteiger partial charge >= 0.3 is 0 Å². The molecule has 3 aromatic carbocycles. The second-order valence-electron chi connectivity index (χ2n) is 7.26. The lowest BCUT2D eigenvalue weighted by atomic mass is 10.0. The average molecular weight is 483 g/mol. The minimum absolute atomic E-state index is 0.0513. The molecule has 0 N–H and O–H groups in total. The number of nitrogens with zero attached hydrogens (tertiary/aromatic N) is 1. The van der Waals surface area contributed by atoms with Crippen molar-refractivity contribution in [3.8, 4) is 16.9 Å². The molecule has 0 saturated carbocycles. The molecule has 1 aromatic heterocycles. The molecule has 6 heteroatoms. The first kappa shape index (κ1) is 19.4. The molecule has 0 amide bonds. The number of ether oxygens (including phenoxy) is 1. The molecule has 5 rings (SSSR count). The van der Waals surface area contributed by atoms with Gasteiger partial charge in [-0.3, -0.25) is 9.69 Å². The van der Waals surface area contributed by atoms with Crippen LogP contribution < -0.4 is 10.2 Å². The maximum absolute atomic E-state index is 13.2. The van der Waals surface area contributed by atoms with Gasteiger partial charge < -0.3 is 9.15 Å². The number of halogens is 2. The van der Waals surface area contributed by atoms with Gasteiger partial charge in [-0.1, -0.05) is 57.9 Å². The molecule has 0 unspecified atom stereocenters. The van der Waals surface area contributed by atoms with E-state index in [1.807, 2.05) is 54.6 Å². The van der Waals surface area contributed by atoms with Crippen LogP contribution in [0.15, 0.2) is 80.6 Å². The van der Waals surface area contributed by atoms with Crippen LogP contribution in [0.2, 0.25) is 5.02 Å². The normalized spacial score (nSPS) is 13.8. The Kier molecular flexibility index (Phi) is 5.11. The molecule has 0 saturated heterocycles. The molecule has 0 fully saturated rings. The van der Waals surface area contributed by atoms with Gasteiger partial charge in [-0.2, -0.15) is 0 Å². The third kappa shape index (κ3) is 3.54. The second kappa shape index (κ2) is 7.91. The average Bonchev–Trinajstić information content (AvgIpc) is 2.76. The van der Waals surface area contributed by atoms with Crippen molar-refractivity contribution in [3.63, 3.8) is 0 Å². The molecule has 0 bridgehead atoms. The first-order valence-electron chi connectivity index (χ1n) is 9.52. The summed E-state index contributed by atoms with van der Waals surface area (Å²) in [5, 5.41) is 1.28. The summed E-state index contributed by atoms with van der Waals surface area (Å²) in [7, 11) is 0. The van der Waals surface area contributed by atoms with Gasteiger partial charge in [0.1, 0.15) is 24.3 Å². The highest BCUT2D eigenvalue weighted by Gasteiger charge is 2.23. The lowest BCUT2D eigenvalue weighted by Crippen LogP contribution is -2.31. The van der Waals surface area contributed by atoms with E-state index < -0.39 is 0 Å². The van der Waals surface area contributed by atoms with Gasteiger partial charge in [0, 0.05) is 22.6 Å². The molecular formula is C24H17BrClNO3. The zero-order chi connectivity index (χ0) is 20.7. The standard InChI is InChI=1S/C24H17BrClNO3/c25-17-7-5-15(6-8-17)20-13-29-24-18(23(20)28)9-10-22-19(24)12-27(14-30-22)11-16-3-1-2-4-21(16)26/h1-10,13H,11-12,14H2. The van der Waals surface area contributed by atoms with Crippen molar-refractivity contribution in [2.45, 2.75) is 13.1 Å². The van der Waals surface area contributed by atoms with E-state index in [4.69, 9.17) is 20.8 Å². The van der Waals surface area contributed by atoms with Crippen molar-refractivity contribution in [2.24, 2.45) is 0 Å². The van der Waals surface area contributed by atoms with E-state index in [0.717, 1.165) is 31.9 Å². The van der Waals surface area contributed by atoms with Gasteiger partial charge in [-0.15, -0.1) is 0 Å². The quantitative estimate of drug-likeness (QED) is 0.347. The van der Waals surface area contributed by atoms with Crippen LogP contribution in [-0.2, 0) is 13.1 Å². The third-order valence-corrected chi connectivity index (χ3v) is 6.19. The van der Waals surface area contributed by atoms with E-state index in [1.54, 1.807) is 12.3 Å². The fraction of sp³-hybridized carbons (Fsp3) is 0.125. The Morgan fingerprint density at radius 2 is 1.83 bits per heavy atom. The zero-order valence-corrected chi connectivity index (χ0v) is 18.2. The van der Waals surface area contributed by atoms with Crippen LogP contribution in [0.3, 0.4) is 0 Å². The van der Waals surface area contributed by atoms with Crippen molar-refractivity contribution >= 4 is 38.5 Å². The molecule has 4 aromatic rings. The van der Waals surface area contributed by atoms with Gasteiger partial charge in [0.15, 0.2) is 0 Å². The minimum Gasteiger partial charge on any atom is -0.478 e. The highest BCUT2D eigenvalue weighted by molar-refractivity contribution is 9.10. The number of hydrogen-bond donors (Lipinski definition) is 0. The fourth-order valence-electron chi connectivity index (χ4n) is 3.75. The van der Waals surface area contributed by atoms with Gasteiger partial charge in [-0.25, -0.2) is 0 Å². The van der Waals surface area contributed by atoms with E-state index in [1.165, 1.54) is 0 Å². The van der Waals surface area contributed by atoms with E-state index in [0.29, 0.717) is 36.4 Å². The lowest BCUT2D eigenvalue weighted by molar-refractivity contribution is 0.0890. The number of rotatable bonds is 3. The molecule has 0 spiro atoms. The van der Waals surface area contributed by atoms with Crippen molar-refractivity contribution in [2.75, 3.05) is 6.73 Å². The van der Waals surface area contributed by atoms with E-state index in [-0.39, 0.29) is 5.43 Å². The van der Waals surface area contributed by atoms with Crippen LogP contribution >= 0.6 is 27.5 Å². The Bertz CT molecular complexity index is 1300. The molecule has 0 atom stereocenters. The molecule has 1 aliphatic rings. The van der Waals surface area contributed by atoms with Gasteiger partial charge in [0.25, 0.3) is 0 Å². The molecule has 0 aliphatic carbocycles. The molecule has 30 heavy (non-hydrogen) atoms. The predicted molar refractivity (Wildman–Crippen MR) is 122 cm³/mol. The van der Waals surface area contributed by atoms with Crippen LogP contribution in [-0.4, -0.2) is 11.6 Å². The Labute approximate surface area is 186 Å². The molecule has 1 aliphatic heterocycles. The van der Waals surface area contributed by atoms with E-state index in [9.17, 15) is 4.79 Å². The Hall–Kier alpha value is -2.60. The largest absolute Gasteiger partial charge is 0.478 e. The number of fused-ring (bicyclic) bond motifs is 3. The second-order valence-corrected chi connectivity index (χ2v) is 8.58. The summed E-state index contributed by atoms with van der Waals surface area (Å²) in [5.41, 5.74) is 3.80. The summed E-state index contributed by atoms with van der Waals surface area (Å²) in [5.74, 6) is 0.748. The first-order valence-corrected chi connectivity index (χ1v) is 10.7. The van der Waals surface area contributed by atoms with Gasteiger partial charge in [-0.05, 0) is 41.5 Å². The zero-order valence-electron chi connectivity index (χ0n) is 15.9. The highest BCUT2D eigenvalue weighted by Crippen LogP contribution is 2.33. The summed E-state index contributed by atoms with van der Waals surface area (Å²) in [6.07, 6.45) is 1.54. The third-order valence-electron chi connectivity index (χ3n) is 5.29. The molecular weight excluding hydrogens is 466 g/mol. The molecule has 150 valence electrons. The highest BCUT2D eigenvalue weighted by atomic mass is 79.9. The van der Waals surface area contributed by atoms with Crippen molar-refractivity contribution in [1.82, 2.24) is 4.90 Å². The molecule has 2 heterocycles.